The van der Waals surface area contributed by atoms with E-state index in [1.54, 1.807) is 31.2 Å². The summed E-state index contributed by atoms with van der Waals surface area (Å²) in [6.07, 6.45) is 0.590. The zero-order chi connectivity index (χ0) is 13.8. The lowest BCUT2D eigenvalue weighted by Crippen LogP contribution is -2.06. The van der Waals surface area contributed by atoms with Crippen molar-refractivity contribution in [1.82, 2.24) is 0 Å². The number of rotatable bonds is 4. The van der Waals surface area contributed by atoms with Gasteiger partial charge in [0, 0.05) is 17.9 Å². The molecule has 2 aromatic carbocycles. The summed E-state index contributed by atoms with van der Waals surface area (Å²) < 4.78 is 13.4. The monoisotopic (exact) mass is 276 g/mol. The van der Waals surface area contributed by atoms with Crippen LogP contribution in [-0.4, -0.2) is 5.78 Å². The van der Waals surface area contributed by atoms with E-state index in [1.807, 2.05) is 12.1 Å². The molecule has 0 radical (unpaired) electrons. The molecule has 2 rings (SSSR count). The van der Waals surface area contributed by atoms with Gasteiger partial charge in [-0.25, -0.2) is 4.39 Å². The third kappa shape index (κ3) is 3.90. The minimum Gasteiger partial charge on any atom is -0.299 e. The number of halogens is 2. The van der Waals surface area contributed by atoms with Gasteiger partial charge in [0.15, 0.2) is 0 Å². The number of aryl methyl sites for hydroxylation is 1. The molecule has 3 heteroatoms. The van der Waals surface area contributed by atoms with Crippen LogP contribution in [0.1, 0.15) is 16.7 Å². The van der Waals surface area contributed by atoms with E-state index in [1.165, 1.54) is 6.07 Å². The van der Waals surface area contributed by atoms with Crippen LogP contribution in [0.4, 0.5) is 4.39 Å². The van der Waals surface area contributed by atoms with Crippen LogP contribution >= 0.6 is 11.6 Å². The molecule has 0 aliphatic heterocycles. The van der Waals surface area contributed by atoms with Gasteiger partial charge in [-0.05, 0) is 41.8 Å². The van der Waals surface area contributed by atoms with Crippen molar-refractivity contribution in [3.8, 4) is 0 Å². The van der Waals surface area contributed by atoms with E-state index >= 15 is 0 Å². The van der Waals surface area contributed by atoms with Crippen LogP contribution < -0.4 is 0 Å². The Hall–Kier alpha value is -1.67. The van der Waals surface area contributed by atoms with E-state index in [2.05, 4.69) is 0 Å². The van der Waals surface area contributed by atoms with Crippen LogP contribution in [0.3, 0.4) is 0 Å². The lowest BCUT2D eigenvalue weighted by molar-refractivity contribution is -0.117. The van der Waals surface area contributed by atoms with Crippen LogP contribution in [0.5, 0.6) is 0 Å². The lowest BCUT2D eigenvalue weighted by Gasteiger charge is -2.04. The summed E-state index contributed by atoms with van der Waals surface area (Å²) in [4.78, 5) is 11.9. The number of benzene rings is 2. The second kappa shape index (κ2) is 5.98. The van der Waals surface area contributed by atoms with Gasteiger partial charge in [0.05, 0.1) is 0 Å². The maximum Gasteiger partial charge on any atom is 0.141 e. The van der Waals surface area contributed by atoms with E-state index in [4.69, 9.17) is 11.6 Å². The molecule has 2 aromatic rings. The van der Waals surface area contributed by atoms with Crippen molar-refractivity contribution in [3.05, 3.63) is 70.0 Å². The first-order chi connectivity index (χ1) is 9.04. The second-order valence-electron chi connectivity index (χ2n) is 4.60. The Morgan fingerprint density at radius 1 is 1.05 bits per heavy atom. The van der Waals surface area contributed by atoms with E-state index < -0.39 is 0 Å². The Kier molecular flexibility index (Phi) is 4.33. The van der Waals surface area contributed by atoms with Crippen molar-refractivity contribution in [1.29, 1.82) is 0 Å². The first-order valence-corrected chi connectivity index (χ1v) is 6.43. The smallest absolute Gasteiger partial charge is 0.141 e. The quantitative estimate of drug-likeness (QED) is 0.820. The molecular formula is C16H14ClFO. The largest absolute Gasteiger partial charge is 0.299 e. The van der Waals surface area contributed by atoms with Gasteiger partial charge in [-0.15, -0.1) is 0 Å². The number of ketones is 1. The van der Waals surface area contributed by atoms with Gasteiger partial charge in [0.1, 0.15) is 11.6 Å². The summed E-state index contributed by atoms with van der Waals surface area (Å²) in [5.74, 6) is -0.206. The Morgan fingerprint density at radius 3 is 2.26 bits per heavy atom. The van der Waals surface area contributed by atoms with Gasteiger partial charge < -0.3 is 0 Å². The van der Waals surface area contributed by atoms with Crippen molar-refractivity contribution in [3.63, 3.8) is 0 Å². The summed E-state index contributed by atoms with van der Waals surface area (Å²) in [5, 5.41) is 0.650. The first kappa shape index (κ1) is 13.8. The molecule has 98 valence electrons. The summed E-state index contributed by atoms with van der Waals surface area (Å²) in [7, 11) is 0. The van der Waals surface area contributed by atoms with Crippen LogP contribution in [0.2, 0.25) is 5.02 Å². The first-order valence-electron chi connectivity index (χ1n) is 6.06. The molecule has 19 heavy (non-hydrogen) atoms. The van der Waals surface area contributed by atoms with Gasteiger partial charge in [0.25, 0.3) is 0 Å². The van der Waals surface area contributed by atoms with Crippen LogP contribution in [0.15, 0.2) is 42.5 Å². The van der Waals surface area contributed by atoms with Gasteiger partial charge in [-0.2, -0.15) is 0 Å². The predicted octanol–water partition coefficient (Wildman–Crippen LogP) is 4.14. The van der Waals surface area contributed by atoms with Crippen LogP contribution in [0, 0.1) is 12.7 Å². The van der Waals surface area contributed by atoms with Gasteiger partial charge in [-0.3, -0.25) is 4.79 Å². The van der Waals surface area contributed by atoms with E-state index in [9.17, 15) is 9.18 Å². The number of carbonyl (C=O) groups excluding carboxylic acids is 1. The third-order valence-electron chi connectivity index (χ3n) is 2.95. The fourth-order valence-electron chi connectivity index (χ4n) is 1.87. The highest BCUT2D eigenvalue weighted by molar-refractivity contribution is 6.30. The second-order valence-corrected chi connectivity index (χ2v) is 5.04. The summed E-state index contributed by atoms with van der Waals surface area (Å²) >= 11 is 5.78. The van der Waals surface area contributed by atoms with Crippen LogP contribution in [-0.2, 0) is 17.6 Å². The fourth-order valence-corrected chi connectivity index (χ4v) is 1.99. The van der Waals surface area contributed by atoms with Gasteiger partial charge in [0.2, 0.25) is 0 Å². The molecule has 1 nitrogen and oxygen atoms in total. The predicted molar refractivity (Wildman–Crippen MR) is 75.0 cm³/mol. The minimum atomic E-state index is -0.267. The van der Waals surface area contributed by atoms with Crippen molar-refractivity contribution in [2.75, 3.05) is 0 Å². The molecule has 0 unspecified atom stereocenters. The molecule has 0 saturated carbocycles. The molecule has 0 heterocycles. The normalized spacial score (nSPS) is 10.5. The van der Waals surface area contributed by atoms with Gasteiger partial charge >= 0.3 is 0 Å². The highest BCUT2D eigenvalue weighted by Crippen LogP contribution is 2.13. The fraction of sp³-hybridized carbons (Fsp3) is 0.188. The summed E-state index contributed by atoms with van der Waals surface area (Å²) in [6.45, 7) is 1.70. The number of carbonyl (C=O) groups is 1. The lowest BCUT2D eigenvalue weighted by atomic mass is 10.0. The van der Waals surface area contributed by atoms with Crippen molar-refractivity contribution in [2.45, 2.75) is 19.8 Å². The molecule has 0 aliphatic rings. The molecule has 0 amide bonds. The molecule has 0 aromatic heterocycles. The van der Waals surface area contributed by atoms with Crippen molar-refractivity contribution in [2.24, 2.45) is 0 Å². The Labute approximate surface area is 117 Å². The zero-order valence-electron chi connectivity index (χ0n) is 10.6. The van der Waals surface area contributed by atoms with Gasteiger partial charge in [-0.1, -0.05) is 35.9 Å². The zero-order valence-corrected chi connectivity index (χ0v) is 11.4. The number of hydrogen-bond donors (Lipinski definition) is 0. The molecule has 0 N–H and O–H groups in total. The molecule has 0 spiro atoms. The Morgan fingerprint density at radius 2 is 1.63 bits per heavy atom. The molecule has 0 fully saturated rings. The van der Waals surface area contributed by atoms with E-state index in [0.29, 0.717) is 22.6 Å². The Balaban J connectivity index is 2.01. The standard InChI is InChI=1S/C16H14ClFO/c1-11-2-3-13(10-16(11)18)9-15(19)8-12-4-6-14(17)7-5-12/h2-7,10H,8-9H2,1H3. The summed E-state index contributed by atoms with van der Waals surface area (Å²) in [6, 6.07) is 12.1. The molecule has 0 atom stereocenters. The highest BCUT2D eigenvalue weighted by Gasteiger charge is 2.07. The maximum atomic E-state index is 13.4. The average Bonchev–Trinajstić information content (AvgIpc) is 2.37. The highest BCUT2D eigenvalue weighted by atomic mass is 35.5. The number of hydrogen-bond acceptors (Lipinski definition) is 1. The Bertz CT molecular complexity index is 590. The molecule has 0 saturated heterocycles. The maximum absolute atomic E-state index is 13.4. The van der Waals surface area contributed by atoms with Crippen molar-refractivity contribution >= 4 is 17.4 Å². The summed E-state index contributed by atoms with van der Waals surface area (Å²) in [5.41, 5.74) is 2.22. The molecular weight excluding hydrogens is 263 g/mol. The SMILES string of the molecule is Cc1ccc(CC(=O)Cc2ccc(Cl)cc2)cc1F. The number of Topliss-reactive ketones (excluding diaryl/α,β-unsaturated/α-hetero) is 1. The van der Waals surface area contributed by atoms with E-state index in [-0.39, 0.29) is 18.0 Å². The van der Waals surface area contributed by atoms with Crippen molar-refractivity contribution < 1.29 is 9.18 Å². The minimum absolute atomic E-state index is 0.0607. The van der Waals surface area contributed by atoms with Crippen LogP contribution in [0.25, 0.3) is 0 Å². The molecule has 0 bridgehead atoms. The van der Waals surface area contributed by atoms with E-state index in [0.717, 1.165) is 5.56 Å². The molecule has 0 aliphatic carbocycles. The average molecular weight is 277 g/mol. The topological polar surface area (TPSA) is 17.1 Å². The third-order valence-corrected chi connectivity index (χ3v) is 3.20.